The number of aliphatic hydroxyl groups excluding tert-OH is 1. The number of aliphatic hydroxyl groups is 1. The minimum atomic E-state index is -4.56. The monoisotopic (exact) mass is 618 g/mol. The number of unbranched alkanes of at least 4 members (excludes halogenated alkanes) is 17. The topological polar surface area (TPSA) is 108 Å². The van der Waals surface area contributed by atoms with Crippen molar-refractivity contribution in [2.45, 2.75) is 154 Å². The van der Waals surface area contributed by atoms with Gasteiger partial charge in [-0.2, -0.15) is 0 Å². The van der Waals surface area contributed by atoms with Gasteiger partial charge in [-0.3, -0.25) is 9.36 Å². The molecule has 0 spiro atoms. The Morgan fingerprint density at radius 1 is 0.810 bits per heavy atom. The number of allylic oxidation sites excluding steroid dienone is 1. The van der Waals surface area contributed by atoms with Crippen LogP contribution in [0.4, 0.5) is 0 Å². The van der Waals surface area contributed by atoms with E-state index in [1.54, 1.807) is 6.08 Å². The van der Waals surface area contributed by atoms with Crippen molar-refractivity contribution in [3.05, 3.63) is 12.2 Å². The van der Waals surface area contributed by atoms with Crippen LogP contribution in [0.5, 0.6) is 0 Å². The number of rotatable bonds is 30. The van der Waals surface area contributed by atoms with Gasteiger partial charge in [-0.15, -0.1) is 0 Å². The Morgan fingerprint density at radius 2 is 1.29 bits per heavy atom. The van der Waals surface area contributed by atoms with Crippen molar-refractivity contribution in [3.63, 3.8) is 0 Å². The highest BCUT2D eigenvalue weighted by Crippen LogP contribution is 2.38. The van der Waals surface area contributed by atoms with Crippen LogP contribution in [-0.2, 0) is 18.4 Å². The van der Waals surface area contributed by atoms with Gasteiger partial charge in [-0.05, 0) is 19.3 Å². The highest BCUT2D eigenvalue weighted by Gasteiger charge is 2.23. The lowest BCUT2D eigenvalue weighted by atomic mass is 10.0. The van der Waals surface area contributed by atoms with E-state index in [2.05, 4.69) is 19.2 Å². The van der Waals surface area contributed by atoms with Gasteiger partial charge in [0.1, 0.15) is 13.2 Å². The van der Waals surface area contributed by atoms with Crippen molar-refractivity contribution in [1.82, 2.24) is 5.32 Å². The van der Waals surface area contributed by atoms with Crippen molar-refractivity contribution in [2.24, 2.45) is 0 Å². The molecule has 0 aromatic rings. The van der Waals surface area contributed by atoms with Crippen LogP contribution < -0.4 is 10.2 Å². The quantitative estimate of drug-likeness (QED) is 0.0375. The van der Waals surface area contributed by atoms with Crippen LogP contribution in [0.25, 0.3) is 0 Å². The number of nitrogens with one attached hydrogen (secondary N) is 1. The first-order valence-corrected chi connectivity index (χ1v) is 18.5. The summed E-state index contributed by atoms with van der Waals surface area (Å²) in [7, 11) is 1.26. The number of carbonyl (C=O) groups is 1. The Hall–Kier alpha value is -0.760. The summed E-state index contributed by atoms with van der Waals surface area (Å²) < 4.78 is 22.9. The average molecular weight is 619 g/mol. The number of likely N-dealkylation sites (N-methyl/N-ethyl adjacent to an activating group) is 1. The van der Waals surface area contributed by atoms with Gasteiger partial charge in [0, 0.05) is 6.42 Å². The van der Waals surface area contributed by atoms with E-state index in [-0.39, 0.29) is 19.1 Å². The summed E-state index contributed by atoms with van der Waals surface area (Å²) in [5.74, 6) is -0.207. The largest absolute Gasteiger partial charge is 0.756 e. The van der Waals surface area contributed by atoms with Crippen LogP contribution in [0.15, 0.2) is 12.2 Å². The second-order valence-electron chi connectivity index (χ2n) is 12.9. The molecule has 3 atom stereocenters. The SMILES string of the molecule is CCCCCCCCCCCCC/C=C/[C@@H](O)[C@H](COP(=O)([O-])OCC[N+](C)(C)C)NC(=O)CCCCCCCCC. The zero-order valence-corrected chi connectivity index (χ0v) is 28.9. The Morgan fingerprint density at radius 3 is 1.79 bits per heavy atom. The number of phosphoric acid groups is 1. The summed E-state index contributed by atoms with van der Waals surface area (Å²) in [6, 6.07) is -0.875. The molecular formula is C33H67N2O6P. The predicted molar refractivity (Wildman–Crippen MR) is 173 cm³/mol. The number of phosphoric ester groups is 1. The first-order chi connectivity index (χ1) is 20.0. The molecule has 0 saturated heterocycles. The number of hydrogen-bond donors (Lipinski definition) is 2. The molecule has 42 heavy (non-hydrogen) atoms. The normalized spacial score (nSPS) is 15.1. The third-order valence-electron chi connectivity index (χ3n) is 7.50. The number of hydrogen-bond acceptors (Lipinski definition) is 6. The highest BCUT2D eigenvalue weighted by atomic mass is 31.2. The maximum absolute atomic E-state index is 12.6. The fraction of sp³-hybridized carbons (Fsp3) is 0.909. The number of carbonyl (C=O) groups excluding carboxylic acids is 1. The standard InChI is InChI=1S/C33H67N2O6P/c1-6-8-10-12-14-15-16-17-18-19-21-22-24-26-32(36)31(30-41-42(38,39)40-29-28-35(3,4)5)34-33(37)27-25-23-20-13-11-9-7-2/h24,26,31-32,36H,6-23,25,27-30H2,1-5H3,(H-,34,37,38,39)/b26-24+/t31-,32+/m0/s1. The van der Waals surface area contributed by atoms with Crippen LogP contribution in [0.3, 0.4) is 0 Å². The second kappa shape index (κ2) is 26.6. The van der Waals surface area contributed by atoms with E-state index in [4.69, 9.17) is 9.05 Å². The Bertz CT molecular complexity index is 713. The minimum Gasteiger partial charge on any atom is -0.756 e. The molecule has 8 nitrogen and oxygen atoms in total. The third-order valence-corrected chi connectivity index (χ3v) is 8.46. The number of quaternary nitrogens is 1. The highest BCUT2D eigenvalue weighted by molar-refractivity contribution is 7.45. The zero-order valence-electron chi connectivity index (χ0n) is 28.0. The molecule has 0 bridgehead atoms. The van der Waals surface area contributed by atoms with Gasteiger partial charge in [-0.25, -0.2) is 0 Å². The Labute approximate surface area is 259 Å². The molecule has 0 aliphatic carbocycles. The molecule has 0 rings (SSSR count). The maximum Gasteiger partial charge on any atom is 0.268 e. The number of amides is 1. The van der Waals surface area contributed by atoms with Crippen molar-refractivity contribution in [2.75, 3.05) is 40.9 Å². The van der Waals surface area contributed by atoms with Crippen molar-refractivity contribution >= 4 is 13.7 Å². The van der Waals surface area contributed by atoms with Crippen molar-refractivity contribution in [3.8, 4) is 0 Å². The van der Waals surface area contributed by atoms with E-state index in [0.29, 0.717) is 17.4 Å². The molecule has 0 aromatic heterocycles. The summed E-state index contributed by atoms with van der Waals surface area (Å²) in [5.41, 5.74) is 0. The van der Waals surface area contributed by atoms with Gasteiger partial charge in [0.15, 0.2) is 0 Å². The molecule has 1 amide bonds. The molecule has 2 N–H and O–H groups in total. The summed E-state index contributed by atoms with van der Waals surface area (Å²) in [4.78, 5) is 24.9. The lowest BCUT2D eigenvalue weighted by molar-refractivity contribution is -0.870. The molecule has 0 heterocycles. The number of nitrogens with zero attached hydrogens (tertiary/aromatic N) is 1. The molecule has 0 fully saturated rings. The van der Waals surface area contributed by atoms with Crippen LogP contribution in [0.1, 0.15) is 142 Å². The second-order valence-corrected chi connectivity index (χ2v) is 14.3. The van der Waals surface area contributed by atoms with Crippen LogP contribution in [0.2, 0.25) is 0 Å². The molecule has 9 heteroatoms. The Balaban J connectivity index is 4.58. The molecule has 250 valence electrons. The molecular weight excluding hydrogens is 551 g/mol. The predicted octanol–water partition coefficient (Wildman–Crippen LogP) is 7.44. The van der Waals surface area contributed by atoms with Crippen LogP contribution in [-0.4, -0.2) is 68.5 Å². The van der Waals surface area contributed by atoms with Crippen molar-refractivity contribution < 1.29 is 32.9 Å². The molecule has 0 aliphatic rings. The minimum absolute atomic E-state index is 0.000967. The third kappa shape index (κ3) is 28.0. The fourth-order valence-corrected chi connectivity index (χ4v) is 5.40. The van der Waals surface area contributed by atoms with Gasteiger partial charge in [0.25, 0.3) is 7.82 Å². The van der Waals surface area contributed by atoms with E-state index < -0.39 is 20.0 Å². The molecule has 0 aliphatic heterocycles. The van der Waals surface area contributed by atoms with Gasteiger partial charge in [-0.1, -0.05) is 129 Å². The molecule has 0 radical (unpaired) electrons. The summed E-state index contributed by atoms with van der Waals surface area (Å²) >= 11 is 0. The van der Waals surface area contributed by atoms with Gasteiger partial charge in [0.05, 0.1) is 39.9 Å². The summed E-state index contributed by atoms with van der Waals surface area (Å²) in [5, 5.41) is 13.6. The van der Waals surface area contributed by atoms with Crippen LogP contribution >= 0.6 is 7.82 Å². The fourth-order valence-electron chi connectivity index (χ4n) is 4.68. The average Bonchev–Trinajstić information content (AvgIpc) is 2.92. The first-order valence-electron chi connectivity index (χ1n) is 17.1. The lowest BCUT2D eigenvalue weighted by Crippen LogP contribution is -2.45. The Kier molecular flexibility index (Phi) is 26.1. The van der Waals surface area contributed by atoms with Gasteiger partial charge >= 0.3 is 0 Å². The molecule has 1 unspecified atom stereocenters. The van der Waals surface area contributed by atoms with Crippen molar-refractivity contribution in [1.29, 1.82) is 0 Å². The van der Waals surface area contributed by atoms with Gasteiger partial charge < -0.3 is 28.8 Å². The lowest BCUT2D eigenvalue weighted by Gasteiger charge is -2.29. The van der Waals surface area contributed by atoms with E-state index in [1.807, 2.05) is 27.2 Å². The smallest absolute Gasteiger partial charge is 0.268 e. The van der Waals surface area contributed by atoms with E-state index in [9.17, 15) is 19.4 Å². The summed E-state index contributed by atoms with van der Waals surface area (Å²) in [6.07, 6.45) is 25.5. The first kappa shape index (κ1) is 41.2. The molecule has 0 saturated carbocycles. The van der Waals surface area contributed by atoms with E-state index in [0.717, 1.165) is 38.5 Å². The zero-order chi connectivity index (χ0) is 31.5. The van der Waals surface area contributed by atoms with Crippen LogP contribution in [0, 0.1) is 0 Å². The maximum atomic E-state index is 12.6. The molecule has 0 aromatic carbocycles. The van der Waals surface area contributed by atoms with E-state index >= 15 is 0 Å². The van der Waals surface area contributed by atoms with Gasteiger partial charge in [0.2, 0.25) is 5.91 Å². The summed E-state index contributed by atoms with van der Waals surface area (Å²) in [6.45, 7) is 4.56. The van der Waals surface area contributed by atoms with E-state index in [1.165, 1.54) is 83.5 Å².